The second-order valence-corrected chi connectivity index (χ2v) is 6.76. The smallest absolute Gasteiger partial charge is 0.123 e. The standard InChI is InChI=1S/C10H8O.C9H7N.C8H7N/c11-10-7-3-5-8-4-1-2-6-9(8)10;1-2-6-9-8(4-1)5-3-7-10-9;1-2-4-8-7(3-1)5-6-9-8/h1-7,11H;1-7H;1-6,9H. The molecule has 146 valence electrons. The molecule has 0 radical (unpaired) electrons. The summed E-state index contributed by atoms with van der Waals surface area (Å²) in [6, 6.07) is 35.7. The molecule has 2 heterocycles. The second kappa shape index (κ2) is 9.39. The van der Waals surface area contributed by atoms with Crippen molar-refractivity contribution in [3.8, 4) is 5.75 Å². The van der Waals surface area contributed by atoms with Crippen LogP contribution in [0, 0.1) is 0 Å². The van der Waals surface area contributed by atoms with Crippen LogP contribution < -0.4 is 0 Å². The number of aromatic amines is 1. The third-order valence-electron chi connectivity index (χ3n) is 4.74. The fourth-order valence-electron chi connectivity index (χ4n) is 3.22. The molecule has 3 heteroatoms. The number of fused-ring (bicyclic) bond motifs is 3. The van der Waals surface area contributed by atoms with Crippen molar-refractivity contribution in [1.82, 2.24) is 9.97 Å². The zero-order chi connectivity index (χ0) is 20.6. The molecule has 0 aliphatic carbocycles. The molecular weight excluding hydrogens is 368 g/mol. The fraction of sp³-hybridized carbons (Fsp3) is 0. The molecule has 6 aromatic rings. The minimum absolute atomic E-state index is 0.350. The predicted octanol–water partition coefficient (Wildman–Crippen LogP) is 6.95. The van der Waals surface area contributed by atoms with Gasteiger partial charge in [-0.25, -0.2) is 0 Å². The molecule has 30 heavy (non-hydrogen) atoms. The van der Waals surface area contributed by atoms with Gasteiger partial charge in [0.15, 0.2) is 0 Å². The molecule has 3 nitrogen and oxygen atoms in total. The summed E-state index contributed by atoms with van der Waals surface area (Å²) in [5, 5.41) is 13.8. The Labute approximate surface area is 175 Å². The number of pyridine rings is 1. The van der Waals surface area contributed by atoms with Gasteiger partial charge in [0.25, 0.3) is 0 Å². The van der Waals surface area contributed by atoms with Gasteiger partial charge in [-0.3, -0.25) is 4.98 Å². The van der Waals surface area contributed by atoms with Gasteiger partial charge in [-0.05, 0) is 41.1 Å². The quantitative estimate of drug-likeness (QED) is 0.295. The zero-order valence-electron chi connectivity index (χ0n) is 16.4. The van der Waals surface area contributed by atoms with Gasteiger partial charge in [-0.1, -0.05) is 78.9 Å². The SMILES string of the molecule is Oc1cccc2ccccc12.c1ccc2[nH]ccc2c1.c1ccc2ncccc2c1. The highest BCUT2D eigenvalue weighted by Crippen LogP contribution is 2.22. The molecule has 0 aliphatic rings. The Kier molecular flexibility index (Phi) is 6.02. The first kappa shape index (κ1) is 19.2. The van der Waals surface area contributed by atoms with Gasteiger partial charge in [0, 0.05) is 28.7 Å². The Hall–Kier alpha value is -4.11. The average Bonchev–Trinajstić information content (AvgIpc) is 3.30. The van der Waals surface area contributed by atoms with Gasteiger partial charge < -0.3 is 10.1 Å². The molecule has 0 saturated carbocycles. The Bertz CT molecular complexity index is 1270. The summed E-state index contributed by atoms with van der Waals surface area (Å²) in [6.07, 6.45) is 3.76. The van der Waals surface area contributed by atoms with Gasteiger partial charge in [0.1, 0.15) is 5.75 Å². The lowest BCUT2D eigenvalue weighted by molar-refractivity contribution is 0.481. The maximum Gasteiger partial charge on any atom is 0.123 e. The molecule has 0 atom stereocenters. The summed E-state index contributed by atoms with van der Waals surface area (Å²) in [7, 11) is 0. The van der Waals surface area contributed by atoms with Gasteiger partial charge in [-0.15, -0.1) is 0 Å². The third kappa shape index (κ3) is 4.65. The lowest BCUT2D eigenvalue weighted by atomic mass is 10.1. The highest BCUT2D eigenvalue weighted by Gasteiger charge is 1.94. The van der Waals surface area contributed by atoms with Crippen LogP contribution in [0.3, 0.4) is 0 Å². The summed E-state index contributed by atoms with van der Waals surface area (Å²) >= 11 is 0. The summed E-state index contributed by atoms with van der Waals surface area (Å²) in [5.74, 6) is 0.350. The molecule has 0 aliphatic heterocycles. The topological polar surface area (TPSA) is 48.9 Å². The van der Waals surface area contributed by atoms with Crippen LogP contribution in [0.25, 0.3) is 32.6 Å². The van der Waals surface area contributed by atoms with Crippen molar-refractivity contribution >= 4 is 32.6 Å². The highest BCUT2D eigenvalue weighted by molar-refractivity contribution is 5.87. The third-order valence-corrected chi connectivity index (χ3v) is 4.74. The van der Waals surface area contributed by atoms with Crippen LogP contribution in [0.4, 0.5) is 0 Å². The van der Waals surface area contributed by atoms with Crippen molar-refractivity contribution in [2.45, 2.75) is 0 Å². The molecule has 4 aromatic carbocycles. The summed E-state index contributed by atoms with van der Waals surface area (Å²) in [4.78, 5) is 7.30. The molecule has 0 bridgehead atoms. The van der Waals surface area contributed by atoms with Gasteiger partial charge in [-0.2, -0.15) is 0 Å². The Morgan fingerprint density at radius 3 is 2.03 bits per heavy atom. The Morgan fingerprint density at radius 1 is 0.567 bits per heavy atom. The molecule has 6 rings (SSSR count). The van der Waals surface area contributed by atoms with E-state index < -0.39 is 0 Å². The number of hydrogen-bond donors (Lipinski definition) is 2. The molecule has 0 fully saturated rings. The number of rotatable bonds is 0. The Morgan fingerprint density at radius 2 is 1.23 bits per heavy atom. The van der Waals surface area contributed by atoms with Crippen molar-refractivity contribution < 1.29 is 5.11 Å². The monoisotopic (exact) mass is 390 g/mol. The number of phenols is 1. The number of nitrogens with zero attached hydrogens (tertiary/aromatic N) is 1. The zero-order valence-corrected chi connectivity index (χ0v) is 16.4. The van der Waals surface area contributed by atoms with E-state index in [9.17, 15) is 5.11 Å². The minimum Gasteiger partial charge on any atom is -0.507 e. The van der Waals surface area contributed by atoms with Crippen LogP contribution in [-0.4, -0.2) is 15.1 Å². The molecule has 0 unspecified atom stereocenters. The molecule has 2 aromatic heterocycles. The maximum absolute atomic E-state index is 9.37. The van der Waals surface area contributed by atoms with Crippen molar-refractivity contribution in [1.29, 1.82) is 0 Å². The van der Waals surface area contributed by atoms with E-state index >= 15 is 0 Å². The summed E-state index contributed by atoms with van der Waals surface area (Å²) in [5.41, 5.74) is 2.27. The van der Waals surface area contributed by atoms with E-state index in [4.69, 9.17) is 0 Å². The lowest BCUT2D eigenvalue weighted by Gasteiger charge is -1.97. The number of aromatic hydroxyl groups is 1. The number of para-hydroxylation sites is 2. The molecule has 0 saturated heterocycles. The Balaban J connectivity index is 0.000000109. The number of phenolic OH excluding ortho intramolecular Hbond substituents is 1. The molecular formula is C27H22N2O. The van der Waals surface area contributed by atoms with Crippen LogP contribution in [0.1, 0.15) is 0 Å². The van der Waals surface area contributed by atoms with Gasteiger partial charge in [0.2, 0.25) is 0 Å². The van der Waals surface area contributed by atoms with E-state index in [1.807, 2.05) is 85.2 Å². The van der Waals surface area contributed by atoms with Crippen LogP contribution >= 0.6 is 0 Å². The predicted molar refractivity (Wildman–Crippen MR) is 126 cm³/mol. The van der Waals surface area contributed by atoms with Gasteiger partial charge in [0.05, 0.1) is 5.52 Å². The fourth-order valence-corrected chi connectivity index (χ4v) is 3.22. The number of benzene rings is 4. The largest absolute Gasteiger partial charge is 0.507 e. The van der Waals surface area contributed by atoms with Crippen LogP contribution in [0.2, 0.25) is 0 Å². The highest BCUT2D eigenvalue weighted by atomic mass is 16.3. The van der Waals surface area contributed by atoms with E-state index in [-0.39, 0.29) is 0 Å². The van der Waals surface area contributed by atoms with Crippen LogP contribution in [0.15, 0.2) is 122 Å². The summed E-state index contributed by atoms with van der Waals surface area (Å²) in [6.45, 7) is 0. The number of hydrogen-bond acceptors (Lipinski definition) is 2. The van der Waals surface area contributed by atoms with Crippen molar-refractivity contribution in [2.24, 2.45) is 0 Å². The van der Waals surface area contributed by atoms with Crippen LogP contribution in [0.5, 0.6) is 5.75 Å². The van der Waals surface area contributed by atoms with Crippen molar-refractivity contribution in [3.05, 3.63) is 122 Å². The number of aromatic nitrogens is 2. The number of nitrogens with one attached hydrogen (secondary N) is 1. The first-order chi connectivity index (χ1) is 14.8. The first-order valence-corrected chi connectivity index (χ1v) is 9.80. The second-order valence-electron chi connectivity index (χ2n) is 6.76. The van der Waals surface area contributed by atoms with E-state index in [0.717, 1.165) is 16.3 Å². The van der Waals surface area contributed by atoms with E-state index in [0.29, 0.717) is 5.75 Å². The maximum atomic E-state index is 9.37. The molecule has 0 amide bonds. The molecule has 2 N–H and O–H groups in total. The number of H-pyrrole nitrogens is 1. The van der Waals surface area contributed by atoms with Gasteiger partial charge >= 0.3 is 0 Å². The first-order valence-electron chi connectivity index (χ1n) is 9.80. The van der Waals surface area contributed by atoms with E-state index in [1.54, 1.807) is 6.07 Å². The average molecular weight is 390 g/mol. The van der Waals surface area contributed by atoms with E-state index in [2.05, 4.69) is 40.3 Å². The van der Waals surface area contributed by atoms with Crippen LogP contribution in [-0.2, 0) is 0 Å². The lowest BCUT2D eigenvalue weighted by Crippen LogP contribution is -1.73. The summed E-state index contributed by atoms with van der Waals surface area (Å²) < 4.78 is 0. The molecule has 0 spiro atoms. The van der Waals surface area contributed by atoms with Crippen molar-refractivity contribution in [3.63, 3.8) is 0 Å². The van der Waals surface area contributed by atoms with Crippen molar-refractivity contribution in [2.75, 3.05) is 0 Å². The van der Waals surface area contributed by atoms with E-state index in [1.165, 1.54) is 16.3 Å². The normalized spacial score (nSPS) is 10.1. The minimum atomic E-state index is 0.350.